The number of nitrogens with one attached hydrogen (secondary N) is 2. The van der Waals surface area contributed by atoms with E-state index in [4.69, 9.17) is 4.74 Å². The van der Waals surface area contributed by atoms with E-state index in [9.17, 15) is 14.4 Å². The van der Waals surface area contributed by atoms with Crippen molar-refractivity contribution in [2.75, 3.05) is 7.11 Å². The summed E-state index contributed by atoms with van der Waals surface area (Å²) >= 11 is 0. The maximum atomic E-state index is 12.3. The molecule has 0 heterocycles. The molecule has 2 N–H and O–H groups in total. The number of hydrogen-bond donors (Lipinski definition) is 2. The van der Waals surface area contributed by atoms with Gasteiger partial charge in [0.1, 0.15) is 11.6 Å². The molecule has 0 fully saturated rings. The van der Waals surface area contributed by atoms with Gasteiger partial charge >= 0.3 is 12.1 Å². The summed E-state index contributed by atoms with van der Waals surface area (Å²) < 4.78 is 9.67. The predicted octanol–water partition coefficient (Wildman–Crippen LogP) is 2.16. The van der Waals surface area contributed by atoms with E-state index in [2.05, 4.69) is 15.4 Å². The van der Waals surface area contributed by atoms with Crippen molar-refractivity contribution in [3.8, 4) is 0 Å². The van der Waals surface area contributed by atoms with Crippen molar-refractivity contribution in [3.05, 3.63) is 12.2 Å². The molecule has 0 aliphatic heterocycles. The molecule has 3 atom stereocenters. The monoisotopic (exact) mass is 342 g/mol. The third-order valence-corrected chi connectivity index (χ3v) is 3.33. The van der Waals surface area contributed by atoms with Crippen LogP contribution in [0.3, 0.4) is 0 Å². The topological polar surface area (TPSA) is 93.7 Å². The zero-order valence-electron chi connectivity index (χ0n) is 15.6. The Morgan fingerprint density at radius 1 is 1.12 bits per heavy atom. The molecule has 0 aromatic heterocycles. The number of esters is 1. The Morgan fingerprint density at radius 3 is 2.17 bits per heavy atom. The molecule has 138 valence electrons. The first-order chi connectivity index (χ1) is 11.0. The van der Waals surface area contributed by atoms with E-state index in [0.717, 1.165) is 6.42 Å². The molecule has 0 aliphatic rings. The first kappa shape index (κ1) is 21.9. The highest BCUT2D eigenvalue weighted by Gasteiger charge is 2.23. The fraction of sp³-hybridized carbons (Fsp3) is 0.706. The standard InChI is InChI=1S/C17H30N2O5/c1-8-11(2)13(9-10-14(20)23-7)19-15(21)12(3)18-16(22)24-17(4,5)6/h9-13H,8H2,1-7H3,(H,18,22)(H,19,21)/t11-,12-,13+/m0/s1. The Hall–Kier alpha value is -2.05. The Balaban J connectivity index is 4.77. The summed E-state index contributed by atoms with van der Waals surface area (Å²) in [6, 6.07) is -1.11. The van der Waals surface area contributed by atoms with Crippen LogP contribution in [-0.2, 0) is 19.1 Å². The number of hydrogen-bond acceptors (Lipinski definition) is 5. The van der Waals surface area contributed by atoms with Gasteiger partial charge in [-0.3, -0.25) is 4.79 Å². The number of carbonyl (C=O) groups excluding carboxylic acids is 3. The van der Waals surface area contributed by atoms with Crippen molar-refractivity contribution in [3.63, 3.8) is 0 Å². The molecular formula is C17H30N2O5. The molecule has 0 aliphatic carbocycles. The maximum absolute atomic E-state index is 12.3. The molecule has 0 radical (unpaired) electrons. The van der Waals surface area contributed by atoms with E-state index in [1.807, 2.05) is 13.8 Å². The van der Waals surface area contributed by atoms with Gasteiger partial charge in [-0.1, -0.05) is 26.3 Å². The summed E-state index contributed by atoms with van der Waals surface area (Å²) in [5, 5.41) is 5.30. The summed E-state index contributed by atoms with van der Waals surface area (Å²) in [6.45, 7) is 10.7. The van der Waals surface area contributed by atoms with Gasteiger partial charge in [-0.2, -0.15) is 0 Å². The van der Waals surface area contributed by atoms with Crippen LogP contribution in [0.25, 0.3) is 0 Å². The van der Waals surface area contributed by atoms with Crippen LogP contribution in [0.5, 0.6) is 0 Å². The van der Waals surface area contributed by atoms with E-state index in [1.165, 1.54) is 13.2 Å². The van der Waals surface area contributed by atoms with E-state index >= 15 is 0 Å². The van der Waals surface area contributed by atoms with Gasteiger partial charge in [0.25, 0.3) is 0 Å². The third kappa shape index (κ3) is 9.17. The molecule has 0 spiro atoms. The SMILES string of the molecule is CC[C@H](C)[C@@H](C=CC(=O)OC)NC(=O)[C@H](C)NC(=O)OC(C)(C)C. The Bertz CT molecular complexity index is 468. The molecule has 7 heteroatoms. The minimum Gasteiger partial charge on any atom is -0.466 e. The summed E-state index contributed by atoms with van der Waals surface area (Å²) in [6.07, 6.45) is 3.03. The quantitative estimate of drug-likeness (QED) is 0.546. The summed E-state index contributed by atoms with van der Waals surface area (Å²) in [5.41, 5.74) is -0.636. The normalized spacial score (nSPS) is 15.3. The highest BCUT2D eigenvalue weighted by Crippen LogP contribution is 2.10. The number of alkyl carbamates (subject to hydrolysis) is 1. The Labute approximate surface area is 144 Å². The average Bonchev–Trinajstić information content (AvgIpc) is 2.47. The molecule has 0 saturated carbocycles. The minimum absolute atomic E-state index is 0.114. The van der Waals surface area contributed by atoms with Crippen molar-refractivity contribution in [1.29, 1.82) is 0 Å². The van der Waals surface area contributed by atoms with Crippen molar-refractivity contribution in [2.24, 2.45) is 5.92 Å². The first-order valence-corrected chi connectivity index (χ1v) is 8.06. The Morgan fingerprint density at radius 2 is 1.71 bits per heavy atom. The van der Waals surface area contributed by atoms with Gasteiger partial charge in [-0.05, 0) is 33.6 Å². The van der Waals surface area contributed by atoms with Gasteiger partial charge in [0.15, 0.2) is 0 Å². The minimum atomic E-state index is -0.766. The fourth-order valence-corrected chi connectivity index (χ4v) is 1.72. The van der Waals surface area contributed by atoms with Crippen molar-refractivity contribution in [2.45, 2.75) is 65.6 Å². The highest BCUT2D eigenvalue weighted by molar-refractivity contribution is 5.86. The lowest BCUT2D eigenvalue weighted by molar-refractivity contribution is -0.135. The number of rotatable bonds is 7. The molecule has 7 nitrogen and oxygen atoms in total. The van der Waals surface area contributed by atoms with Gasteiger partial charge in [-0.15, -0.1) is 0 Å². The van der Waals surface area contributed by atoms with Crippen LogP contribution in [-0.4, -0.2) is 42.8 Å². The molecule has 0 saturated heterocycles. The summed E-state index contributed by atoms with van der Waals surface area (Å²) in [4.78, 5) is 35.2. The molecule has 0 aromatic rings. The van der Waals surface area contributed by atoms with E-state index in [1.54, 1.807) is 33.8 Å². The fourth-order valence-electron chi connectivity index (χ4n) is 1.72. The number of amides is 2. The number of carbonyl (C=O) groups is 3. The van der Waals surface area contributed by atoms with Crippen LogP contribution in [0.1, 0.15) is 48.0 Å². The van der Waals surface area contributed by atoms with E-state index in [-0.39, 0.29) is 17.9 Å². The zero-order chi connectivity index (χ0) is 18.9. The van der Waals surface area contributed by atoms with Gasteiger partial charge in [0, 0.05) is 6.08 Å². The van der Waals surface area contributed by atoms with Crippen LogP contribution < -0.4 is 10.6 Å². The molecule has 24 heavy (non-hydrogen) atoms. The smallest absolute Gasteiger partial charge is 0.408 e. The molecular weight excluding hydrogens is 312 g/mol. The summed E-state index contributed by atoms with van der Waals surface area (Å²) in [5.74, 6) is -0.735. The van der Waals surface area contributed by atoms with Crippen molar-refractivity contribution >= 4 is 18.0 Å². The van der Waals surface area contributed by atoms with Crippen molar-refractivity contribution in [1.82, 2.24) is 10.6 Å². The molecule has 2 amide bonds. The predicted molar refractivity (Wildman–Crippen MR) is 91.4 cm³/mol. The first-order valence-electron chi connectivity index (χ1n) is 8.06. The van der Waals surface area contributed by atoms with Gasteiger partial charge < -0.3 is 20.1 Å². The lowest BCUT2D eigenvalue weighted by Gasteiger charge is -2.25. The Kier molecular flexibility index (Phi) is 9.10. The average molecular weight is 342 g/mol. The maximum Gasteiger partial charge on any atom is 0.408 e. The lowest BCUT2D eigenvalue weighted by atomic mass is 9.98. The largest absolute Gasteiger partial charge is 0.466 e. The van der Waals surface area contributed by atoms with E-state index < -0.39 is 23.7 Å². The van der Waals surface area contributed by atoms with Crippen LogP contribution >= 0.6 is 0 Å². The van der Waals surface area contributed by atoms with Gasteiger partial charge in [-0.25, -0.2) is 9.59 Å². The van der Waals surface area contributed by atoms with Crippen LogP contribution in [0.15, 0.2) is 12.2 Å². The van der Waals surface area contributed by atoms with Gasteiger partial charge in [0.2, 0.25) is 5.91 Å². The summed E-state index contributed by atoms with van der Waals surface area (Å²) in [7, 11) is 1.29. The highest BCUT2D eigenvalue weighted by atomic mass is 16.6. The molecule has 0 unspecified atom stereocenters. The van der Waals surface area contributed by atoms with E-state index in [0.29, 0.717) is 0 Å². The van der Waals surface area contributed by atoms with Crippen LogP contribution in [0.2, 0.25) is 0 Å². The number of ether oxygens (including phenoxy) is 2. The second-order valence-electron chi connectivity index (χ2n) is 6.67. The third-order valence-electron chi connectivity index (χ3n) is 3.33. The molecule has 0 rings (SSSR count). The molecule has 0 aromatic carbocycles. The zero-order valence-corrected chi connectivity index (χ0v) is 15.6. The van der Waals surface area contributed by atoms with Crippen LogP contribution in [0, 0.1) is 5.92 Å². The number of methoxy groups -OCH3 is 1. The van der Waals surface area contributed by atoms with Gasteiger partial charge in [0.05, 0.1) is 13.2 Å². The van der Waals surface area contributed by atoms with Crippen molar-refractivity contribution < 1.29 is 23.9 Å². The second kappa shape index (κ2) is 9.95. The second-order valence-corrected chi connectivity index (χ2v) is 6.67. The van der Waals surface area contributed by atoms with Crippen LogP contribution in [0.4, 0.5) is 4.79 Å². The lowest BCUT2D eigenvalue weighted by Crippen LogP contribution is -2.50. The molecule has 0 bridgehead atoms.